The van der Waals surface area contributed by atoms with Gasteiger partial charge in [-0.05, 0) is 75.7 Å². The number of pyridine rings is 1. The van der Waals surface area contributed by atoms with Crippen molar-refractivity contribution in [3.8, 4) is 0 Å². The molecule has 1 aromatic rings. The Morgan fingerprint density at radius 1 is 1.28 bits per heavy atom. The monoisotopic (exact) mass is 345 g/mol. The summed E-state index contributed by atoms with van der Waals surface area (Å²) in [7, 11) is 0. The summed E-state index contributed by atoms with van der Waals surface area (Å²) in [6.07, 6.45) is 6.56. The van der Waals surface area contributed by atoms with Crippen LogP contribution in [0.5, 0.6) is 0 Å². The summed E-state index contributed by atoms with van der Waals surface area (Å²) in [5.74, 6) is 0.729. The van der Waals surface area contributed by atoms with E-state index >= 15 is 0 Å². The lowest BCUT2D eigenvalue weighted by atomic mass is 9.88. The van der Waals surface area contributed by atoms with Gasteiger partial charge in [0.2, 0.25) is 5.91 Å². The number of piperidine rings is 1. The maximum atomic E-state index is 11.6. The molecule has 1 aromatic heterocycles. The van der Waals surface area contributed by atoms with E-state index in [2.05, 4.69) is 22.0 Å². The van der Waals surface area contributed by atoms with Gasteiger partial charge in [-0.2, -0.15) is 0 Å². The van der Waals surface area contributed by atoms with Crippen LogP contribution < -0.4 is 0 Å². The first-order chi connectivity index (χ1) is 12.0. The summed E-state index contributed by atoms with van der Waals surface area (Å²) in [5, 5.41) is 11.0. The number of amides is 1. The highest BCUT2D eigenvalue weighted by Crippen LogP contribution is 2.30. The number of rotatable bonds is 3. The van der Waals surface area contributed by atoms with Crippen LogP contribution in [-0.4, -0.2) is 64.1 Å². The highest BCUT2D eigenvalue weighted by atomic mass is 16.3. The predicted octanol–water partition coefficient (Wildman–Crippen LogP) is 2.33. The van der Waals surface area contributed by atoms with Crippen molar-refractivity contribution in [1.82, 2.24) is 14.8 Å². The fraction of sp³-hybridized carbons (Fsp3) is 0.700. The second-order valence-electron chi connectivity index (χ2n) is 7.86. The molecule has 5 nitrogen and oxygen atoms in total. The van der Waals surface area contributed by atoms with E-state index in [1.807, 2.05) is 18.0 Å². The zero-order chi connectivity index (χ0) is 17.9. The van der Waals surface area contributed by atoms with Crippen LogP contribution in [0.4, 0.5) is 0 Å². The summed E-state index contributed by atoms with van der Waals surface area (Å²) in [6.45, 7) is 7.93. The van der Waals surface area contributed by atoms with Crippen molar-refractivity contribution in [1.29, 1.82) is 0 Å². The quantitative estimate of drug-likeness (QED) is 0.913. The Labute approximate surface area is 151 Å². The molecule has 5 heteroatoms. The first-order valence-corrected chi connectivity index (χ1v) is 9.58. The summed E-state index contributed by atoms with van der Waals surface area (Å²) in [6, 6.07) is 4.35. The number of carbonyl (C=O) groups is 1. The molecule has 25 heavy (non-hydrogen) atoms. The van der Waals surface area contributed by atoms with Gasteiger partial charge in [0.05, 0.1) is 5.60 Å². The summed E-state index contributed by atoms with van der Waals surface area (Å²) in [4.78, 5) is 20.2. The minimum atomic E-state index is -0.649. The second kappa shape index (κ2) is 7.83. The molecule has 2 aliphatic heterocycles. The van der Waals surface area contributed by atoms with Crippen LogP contribution >= 0.6 is 0 Å². The second-order valence-corrected chi connectivity index (χ2v) is 7.86. The van der Waals surface area contributed by atoms with Crippen molar-refractivity contribution in [2.75, 3.05) is 32.7 Å². The zero-order valence-electron chi connectivity index (χ0n) is 15.6. The van der Waals surface area contributed by atoms with Gasteiger partial charge in [0.25, 0.3) is 0 Å². The smallest absolute Gasteiger partial charge is 0.219 e. The van der Waals surface area contributed by atoms with E-state index in [-0.39, 0.29) is 5.91 Å². The van der Waals surface area contributed by atoms with Gasteiger partial charge in [-0.15, -0.1) is 0 Å². The minimum Gasteiger partial charge on any atom is -0.388 e. The SMILES string of the molecule is CC(=O)N1CCCC(O)(CN2CCC(c3ccnc(C)c3)CC2)CC1. The molecule has 2 fully saturated rings. The topological polar surface area (TPSA) is 56.7 Å². The normalized spacial score (nSPS) is 26.4. The highest BCUT2D eigenvalue weighted by Gasteiger charge is 2.34. The lowest BCUT2D eigenvalue weighted by Crippen LogP contribution is -2.46. The lowest BCUT2D eigenvalue weighted by Gasteiger charge is -2.38. The molecule has 1 N–H and O–H groups in total. The zero-order valence-corrected chi connectivity index (χ0v) is 15.6. The van der Waals surface area contributed by atoms with Crippen molar-refractivity contribution >= 4 is 5.91 Å². The molecule has 0 radical (unpaired) electrons. The van der Waals surface area contributed by atoms with Crippen molar-refractivity contribution in [3.63, 3.8) is 0 Å². The van der Waals surface area contributed by atoms with Crippen LogP contribution in [0.1, 0.15) is 56.2 Å². The Hall–Kier alpha value is -1.46. The molecule has 138 valence electrons. The van der Waals surface area contributed by atoms with E-state index < -0.39 is 5.60 Å². The Kier molecular flexibility index (Phi) is 5.74. The van der Waals surface area contributed by atoms with Crippen LogP contribution in [0.2, 0.25) is 0 Å². The van der Waals surface area contributed by atoms with Crippen molar-refractivity contribution < 1.29 is 9.90 Å². The molecule has 2 aliphatic rings. The number of aromatic nitrogens is 1. The molecule has 0 spiro atoms. The average molecular weight is 345 g/mol. The van der Waals surface area contributed by atoms with Gasteiger partial charge in [0, 0.05) is 38.4 Å². The first kappa shape index (κ1) is 18.3. The van der Waals surface area contributed by atoms with E-state index in [0.717, 1.165) is 57.6 Å². The molecular formula is C20H31N3O2. The van der Waals surface area contributed by atoms with Crippen LogP contribution in [0.25, 0.3) is 0 Å². The van der Waals surface area contributed by atoms with Crippen molar-refractivity contribution in [3.05, 3.63) is 29.6 Å². The van der Waals surface area contributed by atoms with E-state index in [9.17, 15) is 9.90 Å². The molecule has 3 heterocycles. The van der Waals surface area contributed by atoms with Gasteiger partial charge in [0.1, 0.15) is 0 Å². The van der Waals surface area contributed by atoms with Gasteiger partial charge in [-0.1, -0.05) is 0 Å². The van der Waals surface area contributed by atoms with Gasteiger partial charge < -0.3 is 14.9 Å². The number of nitrogens with zero attached hydrogens (tertiary/aromatic N) is 3. The van der Waals surface area contributed by atoms with E-state index in [1.165, 1.54) is 5.56 Å². The minimum absolute atomic E-state index is 0.123. The number of β-amino-alcohol motifs (C(OH)–C–C–N with tert-alkyl or cyclic N) is 1. The van der Waals surface area contributed by atoms with Crippen molar-refractivity contribution in [2.24, 2.45) is 0 Å². The molecule has 1 amide bonds. The summed E-state index contributed by atoms with van der Waals surface area (Å²) >= 11 is 0. The van der Waals surface area contributed by atoms with Crippen molar-refractivity contribution in [2.45, 2.75) is 57.5 Å². The van der Waals surface area contributed by atoms with Gasteiger partial charge in [-0.3, -0.25) is 9.78 Å². The third-order valence-corrected chi connectivity index (χ3v) is 5.86. The number of carbonyl (C=O) groups excluding carboxylic acids is 1. The largest absolute Gasteiger partial charge is 0.388 e. The Morgan fingerprint density at radius 2 is 2.04 bits per heavy atom. The van der Waals surface area contributed by atoms with Crippen LogP contribution in [0.3, 0.4) is 0 Å². The Bertz CT molecular complexity index is 598. The molecule has 3 rings (SSSR count). The maximum Gasteiger partial charge on any atom is 0.219 e. The van der Waals surface area contributed by atoms with Gasteiger partial charge in [-0.25, -0.2) is 0 Å². The summed E-state index contributed by atoms with van der Waals surface area (Å²) < 4.78 is 0. The predicted molar refractivity (Wildman–Crippen MR) is 98.4 cm³/mol. The lowest BCUT2D eigenvalue weighted by molar-refractivity contribution is -0.129. The standard InChI is InChI=1S/C20H31N3O2/c1-16-14-19(4-9-21-16)18-5-11-22(12-6-18)15-20(25)7-3-10-23(13-8-20)17(2)24/h4,9,14,18,25H,3,5-8,10-13,15H2,1-2H3. The average Bonchev–Trinajstić information content (AvgIpc) is 2.77. The number of aliphatic hydroxyl groups is 1. The molecule has 0 bridgehead atoms. The number of hydrogen-bond acceptors (Lipinski definition) is 4. The van der Waals surface area contributed by atoms with E-state index in [4.69, 9.17) is 0 Å². The molecule has 1 atom stereocenters. The fourth-order valence-corrected chi connectivity index (χ4v) is 4.31. The van der Waals surface area contributed by atoms with Crippen LogP contribution in [0, 0.1) is 6.92 Å². The summed E-state index contributed by atoms with van der Waals surface area (Å²) in [5.41, 5.74) is 1.84. The van der Waals surface area contributed by atoms with Crippen LogP contribution in [0.15, 0.2) is 18.3 Å². The maximum absolute atomic E-state index is 11.6. The third kappa shape index (κ3) is 4.79. The highest BCUT2D eigenvalue weighted by molar-refractivity contribution is 5.73. The third-order valence-electron chi connectivity index (χ3n) is 5.86. The van der Waals surface area contributed by atoms with Gasteiger partial charge >= 0.3 is 0 Å². The Morgan fingerprint density at radius 3 is 2.72 bits per heavy atom. The number of aryl methyl sites for hydroxylation is 1. The molecular weight excluding hydrogens is 314 g/mol. The first-order valence-electron chi connectivity index (χ1n) is 9.58. The van der Waals surface area contributed by atoms with Gasteiger partial charge in [0.15, 0.2) is 0 Å². The molecule has 0 aliphatic carbocycles. The Balaban J connectivity index is 1.52. The number of hydrogen-bond donors (Lipinski definition) is 1. The van der Waals surface area contributed by atoms with E-state index in [0.29, 0.717) is 18.9 Å². The number of likely N-dealkylation sites (tertiary alicyclic amines) is 2. The molecule has 0 aromatic carbocycles. The molecule has 2 saturated heterocycles. The van der Waals surface area contributed by atoms with E-state index in [1.54, 1.807) is 6.92 Å². The fourth-order valence-electron chi connectivity index (χ4n) is 4.31. The molecule has 0 saturated carbocycles. The van der Waals surface area contributed by atoms with Crippen LogP contribution in [-0.2, 0) is 4.79 Å². The molecule has 1 unspecified atom stereocenters.